The molecule has 0 fully saturated rings. The van der Waals surface area contributed by atoms with Gasteiger partial charge >= 0.3 is 0 Å². The molecule has 0 amide bonds. The lowest BCUT2D eigenvalue weighted by Crippen LogP contribution is -2.02. The highest BCUT2D eigenvalue weighted by atomic mass is 32.1. The Hall–Kier alpha value is -5.85. The Labute approximate surface area is 261 Å². The van der Waals surface area contributed by atoms with Crippen molar-refractivity contribution >= 4 is 75.1 Å². The van der Waals surface area contributed by atoms with E-state index in [2.05, 4.69) is 151 Å². The molecular formula is C39H23N5S. The molecule has 0 bridgehead atoms. The molecule has 0 aliphatic heterocycles. The first kappa shape index (κ1) is 24.6. The summed E-state index contributed by atoms with van der Waals surface area (Å²) < 4.78 is 7.21. The van der Waals surface area contributed by atoms with Crippen LogP contribution in [0.25, 0.3) is 86.5 Å². The van der Waals surface area contributed by atoms with Gasteiger partial charge in [0, 0.05) is 47.4 Å². The van der Waals surface area contributed by atoms with Crippen molar-refractivity contribution in [1.82, 2.24) is 24.1 Å². The van der Waals surface area contributed by atoms with Gasteiger partial charge in [0.1, 0.15) is 12.7 Å². The molecule has 45 heavy (non-hydrogen) atoms. The van der Waals surface area contributed by atoms with E-state index in [-0.39, 0.29) is 0 Å². The number of nitrogens with zero attached hydrogens (tertiary/aromatic N) is 5. The standard InChI is InChI=1S/C39H23N5S/c1-4-10-33-27(7-1)31-19-20-32-28-8-2-5-11-34(28)44(39-41-22-40-23-42-39)38(32)37(31)43(33)26-16-13-24(14-17-26)25-15-18-30-29-9-3-6-12-35(29)45-36(30)21-25/h1-23H. The first-order valence-corrected chi connectivity index (χ1v) is 15.7. The summed E-state index contributed by atoms with van der Waals surface area (Å²) in [6, 6.07) is 46.1. The van der Waals surface area contributed by atoms with E-state index in [9.17, 15) is 0 Å². The van der Waals surface area contributed by atoms with Gasteiger partial charge in [0.05, 0.1) is 22.1 Å². The fourth-order valence-electron chi connectivity index (χ4n) is 7.03. The first-order valence-electron chi connectivity index (χ1n) is 14.9. The van der Waals surface area contributed by atoms with Crippen molar-refractivity contribution in [2.45, 2.75) is 0 Å². The van der Waals surface area contributed by atoms with Crippen LogP contribution in [0.4, 0.5) is 0 Å². The van der Waals surface area contributed by atoms with Gasteiger partial charge in [0.15, 0.2) is 0 Å². The lowest BCUT2D eigenvalue weighted by atomic mass is 10.0. The molecule has 4 aromatic heterocycles. The van der Waals surface area contributed by atoms with Crippen LogP contribution < -0.4 is 0 Å². The monoisotopic (exact) mass is 593 g/mol. The summed E-state index contributed by atoms with van der Waals surface area (Å²) in [5.41, 5.74) is 7.96. The molecule has 210 valence electrons. The Bertz CT molecular complexity index is 2750. The number of hydrogen-bond acceptors (Lipinski definition) is 4. The normalized spacial score (nSPS) is 12.0. The molecule has 6 aromatic carbocycles. The smallest absolute Gasteiger partial charge is 0.237 e. The van der Waals surface area contributed by atoms with Crippen molar-refractivity contribution in [3.8, 4) is 22.8 Å². The average Bonchev–Trinajstić information content (AvgIpc) is 3.76. The fraction of sp³-hybridized carbons (Fsp3) is 0. The van der Waals surface area contributed by atoms with Crippen LogP contribution >= 0.6 is 11.3 Å². The molecule has 0 aliphatic rings. The van der Waals surface area contributed by atoms with Crippen LogP contribution in [0.5, 0.6) is 0 Å². The number of benzene rings is 6. The van der Waals surface area contributed by atoms with Crippen molar-refractivity contribution in [3.05, 3.63) is 140 Å². The van der Waals surface area contributed by atoms with Crippen molar-refractivity contribution in [1.29, 1.82) is 0 Å². The largest absolute Gasteiger partial charge is 0.307 e. The van der Waals surface area contributed by atoms with Gasteiger partial charge in [-0.15, -0.1) is 11.3 Å². The zero-order valence-corrected chi connectivity index (χ0v) is 24.7. The van der Waals surface area contributed by atoms with Crippen molar-refractivity contribution < 1.29 is 0 Å². The van der Waals surface area contributed by atoms with E-state index in [1.807, 2.05) is 11.3 Å². The van der Waals surface area contributed by atoms with E-state index < -0.39 is 0 Å². The molecule has 0 radical (unpaired) electrons. The van der Waals surface area contributed by atoms with E-state index in [4.69, 9.17) is 0 Å². The predicted molar refractivity (Wildman–Crippen MR) is 187 cm³/mol. The molecule has 10 rings (SSSR count). The Morgan fingerprint density at radius 1 is 0.444 bits per heavy atom. The Kier molecular flexibility index (Phi) is 5.09. The quantitative estimate of drug-likeness (QED) is 0.205. The number of hydrogen-bond donors (Lipinski definition) is 0. The maximum atomic E-state index is 4.60. The van der Waals surface area contributed by atoms with Gasteiger partial charge < -0.3 is 4.57 Å². The topological polar surface area (TPSA) is 48.5 Å². The summed E-state index contributed by atoms with van der Waals surface area (Å²) in [5.74, 6) is 0.604. The first-order chi connectivity index (χ1) is 22.3. The fourth-order valence-corrected chi connectivity index (χ4v) is 8.18. The predicted octanol–water partition coefficient (Wildman–Crippen LogP) is 10.1. The Balaban J connectivity index is 1.23. The molecule has 0 atom stereocenters. The second-order valence-electron chi connectivity index (χ2n) is 11.4. The van der Waals surface area contributed by atoms with Crippen LogP contribution in [0, 0.1) is 0 Å². The summed E-state index contributed by atoms with van der Waals surface area (Å²) in [7, 11) is 0. The summed E-state index contributed by atoms with van der Waals surface area (Å²) in [6.07, 6.45) is 3.13. The molecule has 0 aliphatic carbocycles. The zero-order valence-electron chi connectivity index (χ0n) is 23.9. The van der Waals surface area contributed by atoms with E-state index >= 15 is 0 Å². The van der Waals surface area contributed by atoms with Crippen LogP contribution in [0.15, 0.2) is 140 Å². The van der Waals surface area contributed by atoms with Gasteiger partial charge in [-0.1, -0.05) is 91.0 Å². The number of fused-ring (bicyclic) bond motifs is 10. The molecule has 6 heteroatoms. The number of thiophene rings is 1. The molecule has 0 unspecified atom stereocenters. The van der Waals surface area contributed by atoms with Crippen molar-refractivity contribution in [3.63, 3.8) is 0 Å². The molecular weight excluding hydrogens is 571 g/mol. The highest BCUT2D eigenvalue weighted by molar-refractivity contribution is 7.25. The third kappa shape index (κ3) is 3.51. The second-order valence-corrected chi connectivity index (χ2v) is 12.4. The SMILES string of the molecule is c1ccc2c(c1)sc1cc(-c3ccc(-n4c5ccccc5c5ccc6c7ccccc7n(-c7ncncn7)c6c54)cc3)ccc12. The van der Waals surface area contributed by atoms with Gasteiger partial charge in [-0.3, -0.25) is 4.57 Å². The summed E-state index contributed by atoms with van der Waals surface area (Å²) >= 11 is 1.86. The van der Waals surface area contributed by atoms with Crippen LogP contribution in [0.1, 0.15) is 0 Å². The van der Waals surface area contributed by atoms with E-state index in [0.29, 0.717) is 5.95 Å². The van der Waals surface area contributed by atoms with Crippen molar-refractivity contribution in [2.24, 2.45) is 0 Å². The molecule has 0 saturated carbocycles. The highest BCUT2D eigenvalue weighted by Crippen LogP contribution is 2.42. The van der Waals surface area contributed by atoms with Gasteiger partial charge in [0.2, 0.25) is 5.95 Å². The highest BCUT2D eigenvalue weighted by Gasteiger charge is 2.21. The molecule has 0 saturated heterocycles. The zero-order chi connectivity index (χ0) is 29.5. The van der Waals surface area contributed by atoms with Gasteiger partial charge in [-0.05, 0) is 47.5 Å². The maximum absolute atomic E-state index is 4.60. The summed E-state index contributed by atoms with van der Waals surface area (Å²) in [5, 5.41) is 7.37. The van der Waals surface area contributed by atoms with Gasteiger partial charge in [-0.2, -0.15) is 0 Å². The van der Waals surface area contributed by atoms with E-state index in [0.717, 1.165) is 33.1 Å². The Morgan fingerprint density at radius 3 is 1.73 bits per heavy atom. The molecule has 4 heterocycles. The second kappa shape index (κ2) is 9.32. The third-order valence-corrected chi connectivity index (χ3v) is 10.1. The van der Waals surface area contributed by atoms with E-state index in [1.54, 1.807) is 12.7 Å². The average molecular weight is 594 g/mol. The summed E-state index contributed by atoms with van der Waals surface area (Å²) in [6.45, 7) is 0. The van der Waals surface area contributed by atoms with Gasteiger partial charge in [0.25, 0.3) is 0 Å². The van der Waals surface area contributed by atoms with Crippen LogP contribution in [0.3, 0.4) is 0 Å². The lowest BCUT2D eigenvalue weighted by Gasteiger charge is -2.12. The maximum Gasteiger partial charge on any atom is 0.237 e. The Morgan fingerprint density at radius 2 is 1.00 bits per heavy atom. The number of para-hydroxylation sites is 2. The van der Waals surface area contributed by atoms with Gasteiger partial charge in [-0.25, -0.2) is 15.0 Å². The molecule has 10 aromatic rings. The van der Waals surface area contributed by atoms with Crippen LogP contribution in [-0.2, 0) is 0 Å². The minimum absolute atomic E-state index is 0.604. The number of aromatic nitrogens is 5. The molecule has 5 nitrogen and oxygen atoms in total. The minimum Gasteiger partial charge on any atom is -0.307 e. The molecule has 0 spiro atoms. The van der Waals surface area contributed by atoms with Crippen LogP contribution in [-0.4, -0.2) is 24.1 Å². The third-order valence-electron chi connectivity index (χ3n) is 8.99. The molecule has 0 N–H and O–H groups in total. The lowest BCUT2D eigenvalue weighted by molar-refractivity contribution is 0.939. The summed E-state index contributed by atoms with van der Waals surface area (Å²) in [4.78, 5) is 13.3. The number of rotatable bonds is 3. The van der Waals surface area contributed by atoms with E-state index in [1.165, 1.54) is 47.5 Å². The van der Waals surface area contributed by atoms with Crippen LogP contribution in [0.2, 0.25) is 0 Å². The van der Waals surface area contributed by atoms with Crippen molar-refractivity contribution in [2.75, 3.05) is 0 Å². The minimum atomic E-state index is 0.604.